The number of halogens is 1. The van der Waals surface area contributed by atoms with E-state index in [0.29, 0.717) is 0 Å². The minimum atomic E-state index is -0.0409. The van der Waals surface area contributed by atoms with Crippen molar-refractivity contribution in [2.24, 2.45) is 12.9 Å². The van der Waals surface area contributed by atoms with Crippen molar-refractivity contribution in [2.45, 2.75) is 37.3 Å². The first kappa shape index (κ1) is 12.9. The minimum Gasteiger partial charge on any atom is -0.378 e. The average Bonchev–Trinajstić information content (AvgIpc) is 2.60. The van der Waals surface area contributed by atoms with Gasteiger partial charge in [-0.2, -0.15) is 0 Å². The van der Waals surface area contributed by atoms with Gasteiger partial charge in [-0.05, 0) is 41.6 Å². The highest BCUT2D eigenvalue weighted by atomic mass is 79.9. The Labute approximate surface area is 109 Å². The summed E-state index contributed by atoms with van der Waals surface area (Å²) in [6, 6.07) is -0.00961. The summed E-state index contributed by atoms with van der Waals surface area (Å²) in [7, 11) is 3.63. The maximum absolute atomic E-state index is 5.65. The molecule has 1 aromatic rings. The molecule has 1 aliphatic carbocycles. The molecule has 1 aliphatic rings. The average molecular weight is 304 g/mol. The van der Waals surface area contributed by atoms with Gasteiger partial charge in [0, 0.05) is 14.2 Å². The van der Waals surface area contributed by atoms with Gasteiger partial charge in [0.15, 0.2) is 4.60 Å². The summed E-state index contributed by atoms with van der Waals surface area (Å²) in [5.41, 5.74) is 3.75. The normalized spacial score (nSPS) is 20.0. The molecule has 0 aliphatic heterocycles. The molecule has 1 heterocycles. The number of rotatable bonds is 5. The Hall–Kier alpha value is -0.500. The first-order valence-corrected chi connectivity index (χ1v) is 6.47. The molecule has 1 atom stereocenters. The third-order valence-electron chi connectivity index (χ3n) is 3.63. The lowest BCUT2D eigenvalue weighted by molar-refractivity contribution is -0.0843. The summed E-state index contributed by atoms with van der Waals surface area (Å²) in [6.07, 6.45) is 4.23. The number of nitrogens with zero attached hydrogens (tertiary/aromatic N) is 3. The Bertz CT molecular complexity index is 365. The van der Waals surface area contributed by atoms with Crippen molar-refractivity contribution >= 4 is 15.9 Å². The Morgan fingerprint density at radius 1 is 1.65 bits per heavy atom. The molecule has 0 aromatic carbocycles. The SMILES string of the molecule is COC1(CC(NN)c2c(Br)nnn2C)CCC1. The van der Waals surface area contributed by atoms with Crippen LogP contribution >= 0.6 is 15.9 Å². The monoisotopic (exact) mass is 303 g/mol. The van der Waals surface area contributed by atoms with E-state index in [1.165, 1.54) is 6.42 Å². The Morgan fingerprint density at radius 2 is 2.35 bits per heavy atom. The van der Waals surface area contributed by atoms with Gasteiger partial charge in [0.25, 0.3) is 0 Å². The molecule has 1 saturated carbocycles. The summed E-state index contributed by atoms with van der Waals surface area (Å²) in [5, 5.41) is 7.95. The highest BCUT2D eigenvalue weighted by Gasteiger charge is 2.40. The molecule has 1 aromatic heterocycles. The van der Waals surface area contributed by atoms with Gasteiger partial charge in [-0.15, -0.1) is 5.10 Å². The molecule has 0 bridgehead atoms. The van der Waals surface area contributed by atoms with E-state index in [1.807, 2.05) is 7.05 Å². The fraction of sp³-hybridized carbons (Fsp3) is 0.800. The van der Waals surface area contributed by atoms with Gasteiger partial charge < -0.3 is 4.74 Å². The van der Waals surface area contributed by atoms with Crippen molar-refractivity contribution in [3.63, 3.8) is 0 Å². The molecule has 0 amide bonds. The van der Waals surface area contributed by atoms with Crippen molar-refractivity contribution in [1.82, 2.24) is 20.4 Å². The summed E-state index contributed by atoms with van der Waals surface area (Å²) >= 11 is 3.40. The Morgan fingerprint density at radius 3 is 2.71 bits per heavy atom. The van der Waals surface area contributed by atoms with Gasteiger partial charge in [0.05, 0.1) is 17.3 Å². The largest absolute Gasteiger partial charge is 0.378 e. The lowest BCUT2D eigenvalue weighted by Gasteiger charge is -2.42. The summed E-state index contributed by atoms with van der Waals surface area (Å²) in [4.78, 5) is 0. The number of hydrogen-bond donors (Lipinski definition) is 2. The molecule has 0 saturated heterocycles. The first-order chi connectivity index (χ1) is 8.12. The van der Waals surface area contributed by atoms with Crippen molar-refractivity contribution in [3.8, 4) is 0 Å². The number of hydrogen-bond acceptors (Lipinski definition) is 5. The highest BCUT2D eigenvalue weighted by molar-refractivity contribution is 9.10. The third kappa shape index (κ3) is 2.37. The van der Waals surface area contributed by atoms with Crippen LogP contribution in [-0.2, 0) is 11.8 Å². The van der Waals surface area contributed by atoms with Crippen molar-refractivity contribution in [1.29, 1.82) is 0 Å². The number of ether oxygens (including phenoxy) is 1. The van der Waals surface area contributed by atoms with E-state index in [4.69, 9.17) is 10.6 Å². The lowest BCUT2D eigenvalue weighted by atomic mass is 9.75. The smallest absolute Gasteiger partial charge is 0.153 e. The van der Waals surface area contributed by atoms with Crippen LogP contribution in [0.4, 0.5) is 0 Å². The molecular weight excluding hydrogens is 286 g/mol. The zero-order valence-electron chi connectivity index (χ0n) is 10.1. The van der Waals surface area contributed by atoms with E-state index in [0.717, 1.165) is 29.6 Å². The van der Waals surface area contributed by atoms with Gasteiger partial charge in [0.2, 0.25) is 0 Å². The minimum absolute atomic E-state index is 0.00961. The molecule has 17 heavy (non-hydrogen) atoms. The van der Waals surface area contributed by atoms with E-state index in [2.05, 4.69) is 31.7 Å². The second-order valence-corrected chi connectivity index (χ2v) is 5.30. The fourth-order valence-electron chi connectivity index (χ4n) is 2.38. The molecule has 1 unspecified atom stereocenters. The standard InChI is InChI=1S/C10H18BrN5O/c1-16-8(9(11)14-15-16)7(13-12)6-10(17-2)4-3-5-10/h7,13H,3-6,12H2,1-2H3. The maximum atomic E-state index is 5.65. The van der Waals surface area contributed by atoms with Gasteiger partial charge >= 0.3 is 0 Å². The quantitative estimate of drug-likeness (QED) is 0.628. The van der Waals surface area contributed by atoms with Crippen LogP contribution in [-0.4, -0.2) is 27.7 Å². The third-order valence-corrected chi connectivity index (χ3v) is 4.20. The number of methoxy groups -OCH3 is 1. The first-order valence-electron chi connectivity index (χ1n) is 5.68. The van der Waals surface area contributed by atoms with Crippen LogP contribution in [0, 0.1) is 0 Å². The Kier molecular flexibility index (Phi) is 3.82. The molecular formula is C10H18BrN5O. The highest BCUT2D eigenvalue weighted by Crippen LogP contribution is 2.42. The number of aryl methyl sites for hydroxylation is 1. The van der Waals surface area contributed by atoms with E-state index in [9.17, 15) is 0 Å². The summed E-state index contributed by atoms with van der Waals surface area (Å²) in [6.45, 7) is 0. The second-order valence-electron chi connectivity index (χ2n) is 4.55. The van der Waals surface area contributed by atoms with E-state index >= 15 is 0 Å². The Balaban J connectivity index is 2.17. The molecule has 7 heteroatoms. The molecule has 0 radical (unpaired) electrons. The van der Waals surface area contributed by atoms with Crippen molar-refractivity contribution < 1.29 is 4.74 Å². The van der Waals surface area contributed by atoms with Gasteiger partial charge in [-0.25, -0.2) is 4.68 Å². The van der Waals surface area contributed by atoms with Crippen LogP contribution in [0.25, 0.3) is 0 Å². The molecule has 1 fully saturated rings. The van der Waals surface area contributed by atoms with E-state index in [-0.39, 0.29) is 11.6 Å². The number of nitrogens with two attached hydrogens (primary N) is 1. The molecule has 2 rings (SSSR count). The van der Waals surface area contributed by atoms with Crippen LogP contribution in [0.5, 0.6) is 0 Å². The van der Waals surface area contributed by atoms with Gasteiger partial charge in [0.1, 0.15) is 0 Å². The number of nitrogens with one attached hydrogen (secondary N) is 1. The topological polar surface area (TPSA) is 78.0 Å². The van der Waals surface area contributed by atoms with E-state index < -0.39 is 0 Å². The van der Waals surface area contributed by atoms with E-state index in [1.54, 1.807) is 11.8 Å². The fourth-order valence-corrected chi connectivity index (χ4v) is 2.98. The van der Waals surface area contributed by atoms with Crippen molar-refractivity contribution in [3.05, 3.63) is 10.3 Å². The summed E-state index contributed by atoms with van der Waals surface area (Å²) in [5.74, 6) is 5.65. The van der Waals surface area contributed by atoms with Gasteiger partial charge in [-0.3, -0.25) is 11.3 Å². The molecule has 0 spiro atoms. The van der Waals surface area contributed by atoms with Crippen LogP contribution < -0.4 is 11.3 Å². The summed E-state index contributed by atoms with van der Waals surface area (Å²) < 4.78 is 8.09. The molecule has 6 nitrogen and oxygen atoms in total. The predicted molar refractivity (Wildman–Crippen MR) is 67.0 cm³/mol. The van der Waals surface area contributed by atoms with Crippen LogP contribution in [0.1, 0.15) is 37.4 Å². The predicted octanol–water partition coefficient (Wildman–Crippen LogP) is 1.04. The van der Waals surface area contributed by atoms with Crippen molar-refractivity contribution in [2.75, 3.05) is 7.11 Å². The molecule has 96 valence electrons. The maximum Gasteiger partial charge on any atom is 0.153 e. The lowest BCUT2D eigenvalue weighted by Crippen LogP contribution is -2.44. The molecule has 3 N–H and O–H groups in total. The number of aromatic nitrogens is 3. The zero-order valence-corrected chi connectivity index (χ0v) is 11.7. The van der Waals surface area contributed by atoms with Crippen LogP contribution in [0.15, 0.2) is 4.60 Å². The number of hydrazine groups is 1. The second kappa shape index (κ2) is 5.01. The van der Waals surface area contributed by atoms with Gasteiger partial charge in [-0.1, -0.05) is 5.21 Å². The van der Waals surface area contributed by atoms with Crippen LogP contribution in [0.2, 0.25) is 0 Å². The zero-order chi connectivity index (χ0) is 12.5. The van der Waals surface area contributed by atoms with Crippen LogP contribution in [0.3, 0.4) is 0 Å².